The van der Waals surface area contributed by atoms with Crippen molar-refractivity contribution in [3.05, 3.63) is 0 Å². The minimum absolute atomic E-state index is 0.00209. The van der Waals surface area contributed by atoms with Gasteiger partial charge >= 0.3 is 12.0 Å². The van der Waals surface area contributed by atoms with Crippen LogP contribution in [0.25, 0.3) is 0 Å². The minimum atomic E-state index is -0.770. The van der Waals surface area contributed by atoms with E-state index in [0.717, 1.165) is 32.5 Å². The monoisotopic (exact) mass is 300 g/mol. The van der Waals surface area contributed by atoms with Crippen molar-refractivity contribution in [2.75, 3.05) is 59.9 Å². The van der Waals surface area contributed by atoms with Crippen molar-refractivity contribution in [3.63, 3.8) is 0 Å². The van der Waals surface area contributed by atoms with Gasteiger partial charge in [-0.15, -0.1) is 0 Å². The molecule has 1 rings (SSSR count). The summed E-state index contributed by atoms with van der Waals surface area (Å²) in [5.41, 5.74) is 0. The van der Waals surface area contributed by atoms with Crippen LogP contribution in [0.3, 0.4) is 0 Å². The zero-order valence-electron chi connectivity index (χ0n) is 13.2. The molecule has 2 N–H and O–H groups in total. The summed E-state index contributed by atoms with van der Waals surface area (Å²) in [6.45, 7) is 5.16. The number of hydrogen-bond acceptors (Lipinski definition) is 4. The fraction of sp³-hybridized carbons (Fsp3) is 0.857. The SMILES string of the molecule is CN(C)CCCCNC(=O)N1CCN(CCC(=O)O)CC1. The maximum atomic E-state index is 12.0. The summed E-state index contributed by atoms with van der Waals surface area (Å²) in [7, 11) is 4.09. The van der Waals surface area contributed by atoms with E-state index in [1.165, 1.54) is 0 Å². The number of nitrogens with zero attached hydrogens (tertiary/aromatic N) is 3. The third kappa shape index (κ3) is 7.87. The number of carboxylic acids is 1. The van der Waals surface area contributed by atoms with E-state index in [4.69, 9.17) is 5.11 Å². The van der Waals surface area contributed by atoms with E-state index in [9.17, 15) is 9.59 Å². The van der Waals surface area contributed by atoms with E-state index in [1.807, 2.05) is 19.0 Å². The molecule has 7 heteroatoms. The Hall–Kier alpha value is -1.34. The Morgan fingerprint density at radius 2 is 1.81 bits per heavy atom. The Kier molecular flexibility index (Phi) is 8.07. The highest BCUT2D eigenvalue weighted by Crippen LogP contribution is 2.03. The largest absolute Gasteiger partial charge is 0.481 e. The molecule has 0 spiro atoms. The molecule has 1 heterocycles. The lowest BCUT2D eigenvalue weighted by molar-refractivity contribution is -0.137. The lowest BCUT2D eigenvalue weighted by atomic mass is 10.3. The molecule has 0 aromatic heterocycles. The van der Waals surface area contributed by atoms with Crippen molar-refractivity contribution in [2.45, 2.75) is 19.3 Å². The van der Waals surface area contributed by atoms with Crippen LogP contribution < -0.4 is 5.32 Å². The summed E-state index contributed by atoms with van der Waals surface area (Å²) in [4.78, 5) is 28.5. The van der Waals surface area contributed by atoms with Gasteiger partial charge in [0, 0.05) is 39.3 Å². The molecule has 1 aliphatic heterocycles. The first-order valence-electron chi connectivity index (χ1n) is 7.60. The number of rotatable bonds is 8. The smallest absolute Gasteiger partial charge is 0.317 e. The summed E-state index contributed by atoms with van der Waals surface area (Å²) < 4.78 is 0. The number of unbranched alkanes of at least 4 members (excludes halogenated alkanes) is 1. The Bertz CT molecular complexity index is 328. The summed E-state index contributed by atoms with van der Waals surface area (Å²) in [5, 5.41) is 11.6. The number of urea groups is 1. The Balaban J connectivity index is 2.10. The molecule has 0 atom stereocenters. The van der Waals surface area contributed by atoms with E-state index in [1.54, 1.807) is 0 Å². The van der Waals surface area contributed by atoms with Gasteiger partial charge in [0.15, 0.2) is 0 Å². The zero-order chi connectivity index (χ0) is 15.7. The van der Waals surface area contributed by atoms with Crippen LogP contribution in [0, 0.1) is 0 Å². The van der Waals surface area contributed by atoms with Crippen molar-refractivity contribution < 1.29 is 14.7 Å². The summed E-state index contributed by atoms with van der Waals surface area (Å²) >= 11 is 0. The van der Waals surface area contributed by atoms with Gasteiger partial charge in [-0.25, -0.2) is 4.79 Å². The average Bonchev–Trinajstić information content (AvgIpc) is 2.44. The van der Waals surface area contributed by atoms with Crippen molar-refractivity contribution in [3.8, 4) is 0 Å². The molecule has 122 valence electrons. The van der Waals surface area contributed by atoms with Crippen LogP contribution >= 0.6 is 0 Å². The lowest BCUT2D eigenvalue weighted by Crippen LogP contribution is -2.52. The highest BCUT2D eigenvalue weighted by atomic mass is 16.4. The van der Waals surface area contributed by atoms with Crippen molar-refractivity contribution in [1.29, 1.82) is 0 Å². The number of carbonyl (C=O) groups excluding carboxylic acids is 1. The first kappa shape index (κ1) is 17.7. The molecule has 1 aliphatic rings. The molecule has 0 aromatic carbocycles. The maximum absolute atomic E-state index is 12.0. The molecule has 0 radical (unpaired) electrons. The highest BCUT2D eigenvalue weighted by molar-refractivity contribution is 5.74. The van der Waals surface area contributed by atoms with Crippen molar-refractivity contribution in [2.24, 2.45) is 0 Å². The molecule has 1 saturated heterocycles. The maximum Gasteiger partial charge on any atom is 0.317 e. The third-order valence-electron chi connectivity index (χ3n) is 3.61. The van der Waals surface area contributed by atoms with Gasteiger partial charge in [-0.2, -0.15) is 0 Å². The molecule has 0 bridgehead atoms. The van der Waals surface area contributed by atoms with Gasteiger partial charge in [-0.3, -0.25) is 9.69 Å². The minimum Gasteiger partial charge on any atom is -0.481 e. The molecule has 0 aromatic rings. The van der Waals surface area contributed by atoms with Crippen LogP contribution in [-0.4, -0.2) is 91.7 Å². The van der Waals surface area contributed by atoms with Gasteiger partial charge in [0.05, 0.1) is 6.42 Å². The molecule has 1 fully saturated rings. The molecule has 0 saturated carbocycles. The Morgan fingerprint density at radius 3 is 2.38 bits per heavy atom. The molecular weight excluding hydrogens is 272 g/mol. The number of hydrogen-bond donors (Lipinski definition) is 2. The van der Waals surface area contributed by atoms with E-state index >= 15 is 0 Å². The van der Waals surface area contributed by atoms with Crippen molar-refractivity contribution >= 4 is 12.0 Å². The first-order chi connectivity index (χ1) is 9.99. The van der Waals surface area contributed by atoms with Crippen LogP contribution in [0.4, 0.5) is 4.79 Å². The van der Waals surface area contributed by atoms with E-state index in [-0.39, 0.29) is 12.5 Å². The van der Waals surface area contributed by atoms with E-state index < -0.39 is 5.97 Å². The predicted molar refractivity (Wildman–Crippen MR) is 81.5 cm³/mol. The average molecular weight is 300 g/mol. The first-order valence-corrected chi connectivity index (χ1v) is 7.60. The van der Waals surface area contributed by atoms with Crippen LogP contribution in [0.15, 0.2) is 0 Å². The summed E-state index contributed by atoms with van der Waals surface area (Å²) in [6.07, 6.45) is 2.23. The topological polar surface area (TPSA) is 76.1 Å². The second-order valence-corrected chi connectivity index (χ2v) is 5.71. The van der Waals surface area contributed by atoms with Gasteiger partial charge in [0.25, 0.3) is 0 Å². The summed E-state index contributed by atoms with van der Waals surface area (Å²) in [5.74, 6) is -0.770. The second kappa shape index (κ2) is 9.57. The van der Waals surface area contributed by atoms with Gasteiger partial charge < -0.3 is 20.2 Å². The lowest BCUT2D eigenvalue weighted by Gasteiger charge is -2.34. The van der Waals surface area contributed by atoms with Gasteiger partial charge in [0.2, 0.25) is 0 Å². The number of aliphatic carboxylic acids is 1. The molecule has 0 aliphatic carbocycles. The van der Waals surface area contributed by atoms with E-state index in [0.29, 0.717) is 26.2 Å². The van der Waals surface area contributed by atoms with Gasteiger partial charge in [0.1, 0.15) is 0 Å². The standard InChI is InChI=1S/C14H28N4O3/c1-16(2)7-4-3-6-15-14(21)18-11-9-17(10-12-18)8-5-13(19)20/h3-12H2,1-2H3,(H,15,21)(H,19,20). The van der Waals surface area contributed by atoms with Crippen LogP contribution in [0.2, 0.25) is 0 Å². The van der Waals surface area contributed by atoms with Crippen LogP contribution in [-0.2, 0) is 4.79 Å². The normalized spacial score (nSPS) is 16.2. The third-order valence-corrected chi connectivity index (χ3v) is 3.61. The Labute approximate surface area is 126 Å². The zero-order valence-corrected chi connectivity index (χ0v) is 13.2. The van der Waals surface area contributed by atoms with Gasteiger partial charge in [-0.05, 0) is 33.5 Å². The fourth-order valence-corrected chi connectivity index (χ4v) is 2.29. The highest BCUT2D eigenvalue weighted by Gasteiger charge is 2.20. The molecule has 0 unspecified atom stereocenters. The number of carboxylic acid groups (broad SMARTS) is 1. The number of amides is 2. The van der Waals surface area contributed by atoms with Gasteiger partial charge in [-0.1, -0.05) is 0 Å². The number of nitrogens with one attached hydrogen (secondary N) is 1. The van der Waals surface area contributed by atoms with Crippen LogP contribution in [0.5, 0.6) is 0 Å². The molecule has 2 amide bonds. The fourth-order valence-electron chi connectivity index (χ4n) is 2.29. The number of piperazine rings is 1. The summed E-state index contributed by atoms with van der Waals surface area (Å²) in [6, 6.07) is -0.00209. The van der Waals surface area contributed by atoms with Crippen LogP contribution in [0.1, 0.15) is 19.3 Å². The van der Waals surface area contributed by atoms with Crippen molar-refractivity contribution in [1.82, 2.24) is 20.0 Å². The number of carbonyl (C=O) groups is 2. The molecule has 7 nitrogen and oxygen atoms in total. The predicted octanol–water partition coefficient (Wildman–Crippen LogP) is 0.130. The second-order valence-electron chi connectivity index (χ2n) is 5.71. The molecule has 21 heavy (non-hydrogen) atoms. The quantitative estimate of drug-likeness (QED) is 0.623. The Morgan fingerprint density at radius 1 is 1.14 bits per heavy atom. The van der Waals surface area contributed by atoms with E-state index in [2.05, 4.69) is 15.1 Å². The molecular formula is C14H28N4O3.